The first-order valence-corrected chi connectivity index (χ1v) is 6.74. The Balaban J connectivity index is 1.76. The lowest BCUT2D eigenvalue weighted by Crippen LogP contribution is -2.18. The molecule has 0 aliphatic rings. The molecule has 0 bridgehead atoms. The normalized spacial score (nSPS) is 11.8. The van der Waals surface area contributed by atoms with Crippen molar-refractivity contribution in [3.63, 3.8) is 0 Å². The number of benzene rings is 1. The molecule has 0 spiro atoms. The number of fused-ring (bicyclic) bond motifs is 1. The summed E-state index contributed by atoms with van der Waals surface area (Å²) in [5.41, 5.74) is 1.49. The number of aromatic amines is 1. The number of amides is 1. The molecule has 2 N–H and O–H groups in total. The third-order valence-electron chi connectivity index (χ3n) is 2.92. The van der Waals surface area contributed by atoms with Gasteiger partial charge in [-0.05, 0) is 30.4 Å². The average molecular weight is 342 g/mol. The summed E-state index contributed by atoms with van der Waals surface area (Å²) in [5.74, 6) is -0.499. The van der Waals surface area contributed by atoms with Gasteiger partial charge in [-0.25, -0.2) is 0 Å². The van der Waals surface area contributed by atoms with Crippen molar-refractivity contribution < 1.29 is 22.4 Å². The molecule has 0 aliphatic heterocycles. The van der Waals surface area contributed by atoms with Gasteiger partial charge in [0, 0.05) is 11.8 Å². The number of nitrogens with zero attached hydrogens (tertiary/aromatic N) is 2. The molecule has 0 aliphatic carbocycles. The number of rotatable bonds is 3. The molecule has 2 aromatic heterocycles. The van der Waals surface area contributed by atoms with Crippen LogP contribution in [-0.4, -0.2) is 26.8 Å². The molecule has 23 heavy (non-hydrogen) atoms. The second kappa shape index (κ2) is 5.54. The maximum Gasteiger partial charge on any atom is 0.408 e. The molecule has 6 nitrogen and oxygen atoms in total. The molecular weight excluding hydrogens is 333 g/mol. The van der Waals surface area contributed by atoms with Gasteiger partial charge in [0.15, 0.2) is 5.58 Å². The quantitative estimate of drug-likeness (QED) is 0.714. The van der Waals surface area contributed by atoms with Crippen molar-refractivity contribution in [2.75, 3.05) is 5.32 Å². The summed E-state index contributed by atoms with van der Waals surface area (Å²) in [4.78, 5) is 15.1. The van der Waals surface area contributed by atoms with Crippen LogP contribution in [-0.2, 0) is 6.54 Å². The van der Waals surface area contributed by atoms with Gasteiger partial charge in [0.05, 0.1) is 17.4 Å². The Kier molecular flexibility index (Phi) is 3.68. The number of oxazole rings is 1. The molecule has 0 atom stereocenters. The summed E-state index contributed by atoms with van der Waals surface area (Å²) >= 11 is 4.85. The number of aromatic nitrogens is 3. The van der Waals surface area contributed by atoms with Gasteiger partial charge in [0.2, 0.25) is 0 Å². The van der Waals surface area contributed by atoms with E-state index in [1.807, 2.05) is 0 Å². The number of hydrogen-bond acceptors (Lipinski definition) is 4. The molecule has 1 amide bonds. The van der Waals surface area contributed by atoms with E-state index in [4.69, 9.17) is 16.6 Å². The minimum absolute atomic E-state index is 0.161. The fourth-order valence-electron chi connectivity index (χ4n) is 1.99. The van der Waals surface area contributed by atoms with Crippen LogP contribution in [0.15, 0.2) is 35.0 Å². The van der Waals surface area contributed by atoms with Crippen molar-refractivity contribution in [2.45, 2.75) is 12.7 Å². The van der Waals surface area contributed by atoms with Crippen LogP contribution in [0.4, 0.5) is 18.9 Å². The lowest BCUT2D eigenvalue weighted by atomic mass is 10.2. The number of carbonyl (C=O) groups is 1. The van der Waals surface area contributed by atoms with Crippen molar-refractivity contribution >= 4 is 34.9 Å². The topological polar surface area (TPSA) is 75.8 Å². The molecule has 0 saturated carbocycles. The molecule has 0 radical (unpaired) electrons. The number of halogens is 3. The van der Waals surface area contributed by atoms with E-state index in [0.29, 0.717) is 15.8 Å². The Morgan fingerprint density at radius 3 is 2.96 bits per heavy atom. The standard InChI is InChI=1S/C13H9F3N4O2S/c14-13(15,16)6-20-5-8(4-17-20)18-11(21)7-1-2-9-10(3-7)22-12(23)19-9/h1-5H,6H2,(H,18,21)(H,19,23). The second-order valence-corrected chi connectivity index (χ2v) is 5.09. The zero-order valence-corrected chi connectivity index (χ0v) is 12.2. The van der Waals surface area contributed by atoms with Crippen LogP contribution in [0.25, 0.3) is 11.1 Å². The van der Waals surface area contributed by atoms with Crippen LogP contribution >= 0.6 is 12.2 Å². The van der Waals surface area contributed by atoms with E-state index in [1.54, 1.807) is 12.1 Å². The van der Waals surface area contributed by atoms with Gasteiger partial charge in [0.1, 0.15) is 6.54 Å². The fourth-order valence-corrected chi connectivity index (χ4v) is 2.19. The molecule has 3 rings (SSSR count). The highest BCUT2D eigenvalue weighted by Crippen LogP contribution is 2.19. The molecule has 10 heteroatoms. The Morgan fingerprint density at radius 2 is 2.22 bits per heavy atom. The highest BCUT2D eigenvalue weighted by Gasteiger charge is 2.28. The first-order valence-electron chi connectivity index (χ1n) is 6.34. The molecule has 0 saturated heterocycles. The van der Waals surface area contributed by atoms with Gasteiger partial charge in [0.25, 0.3) is 10.7 Å². The zero-order valence-electron chi connectivity index (χ0n) is 11.3. The third kappa shape index (κ3) is 3.59. The van der Waals surface area contributed by atoms with Crippen LogP contribution in [0.5, 0.6) is 0 Å². The number of anilines is 1. The summed E-state index contributed by atoms with van der Waals surface area (Å²) in [6.07, 6.45) is -2.13. The average Bonchev–Trinajstić information content (AvgIpc) is 3.01. The summed E-state index contributed by atoms with van der Waals surface area (Å²) in [6.45, 7) is -1.22. The zero-order chi connectivity index (χ0) is 16.6. The predicted octanol–water partition coefficient (Wildman–Crippen LogP) is 3.50. The predicted molar refractivity (Wildman–Crippen MR) is 77.6 cm³/mol. The number of carbonyl (C=O) groups excluding carboxylic acids is 1. The van der Waals surface area contributed by atoms with Crippen LogP contribution in [0.2, 0.25) is 0 Å². The van der Waals surface area contributed by atoms with Gasteiger partial charge in [-0.15, -0.1) is 0 Å². The van der Waals surface area contributed by atoms with Gasteiger partial charge >= 0.3 is 6.18 Å². The highest BCUT2D eigenvalue weighted by molar-refractivity contribution is 7.71. The highest BCUT2D eigenvalue weighted by atomic mass is 32.1. The minimum atomic E-state index is -4.38. The van der Waals surface area contributed by atoms with Crippen LogP contribution in [0.1, 0.15) is 10.4 Å². The molecular formula is C13H9F3N4O2S. The first kappa shape index (κ1) is 15.3. The smallest absolute Gasteiger partial charge is 0.408 e. The van der Waals surface area contributed by atoms with Gasteiger partial charge in [-0.2, -0.15) is 18.3 Å². The fraction of sp³-hybridized carbons (Fsp3) is 0.154. The number of H-pyrrole nitrogens is 1. The van der Waals surface area contributed by atoms with Gasteiger partial charge < -0.3 is 14.7 Å². The summed E-state index contributed by atoms with van der Waals surface area (Å²) in [6, 6.07) is 4.65. The third-order valence-corrected chi connectivity index (χ3v) is 3.10. The number of nitrogens with one attached hydrogen (secondary N) is 2. The van der Waals surface area contributed by atoms with Crippen LogP contribution < -0.4 is 5.32 Å². The van der Waals surface area contributed by atoms with E-state index in [9.17, 15) is 18.0 Å². The monoisotopic (exact) mass is 342 g/mol. The van der Waals surface area contributed by atoms with E-state index in [2.05, 4.69) is 15.4 Å². The summed E-state index contributed by atoms with van der Waals surface area (Å²) in [7, 11) is 0. The summed E-state index contributed by atoms with van der Waals surface area (Å²) < 4.78 is 42.7. The Morgan fingerprint density at radius 1 is 1.43 bits per heavy atom. The molecule has 2 heterocycles. The maximum atomic E-state index is 12.3. The second-order valence-electron chi connectivity index (χ2n) is 4.72. The van der Waals surface area contributed by atoms with Crippen molar-refractivity contribution in [3.05, 3.63) is 41.0 Å². The van der Waals surface area contributed by atoms with E-state index in [-0.39, 0.29) is 16.1 Å². The lowest BCUT2D eigenvalue weighted by molar-refractivity contribution is -0.142. The Hall–Kier alpha value is -2.62. The Labute approximate surface area is 131 Å². The minimum Gasteiger partial charge on any atom is -0.429 e. The summed E-state index contributed by atoms with van der Waals surface area (Å²) in [5, 5.41) is 6.01. The van der Waals surface area contributed by atoms with Crippen LogP contribution in [0, 0.1) is 4.84 Å². The maximum absolute atomic E-state index is 12.3. The molecule has 0 fully saturated rings. The Bertz CT molecular complexity index is 925. The SMILES string of the molecule is O=C(Nc1cnn(CC(F)(F)F)c1)c1ccc2[nH]c(=S)oc2c1. The van der Waals surface area contributed by atoms with Gasteiger partial charge in [-0.1, -0.05) is 0 Å². The molecule has 120 valence electrons. The van der Waals surface area contributed by atoms with Crippen molar-refractivity contribution in [2.24, 2.45) is 0 Å². The van der Waals surface area contributed by atoms with Crippen molar-refractivity contribution in [1.82, 2.24) is 14.8 Å². The van der Waals surface area contributed by atoms with Crippen molar-refractivity contribution in [1.29, 1.82) is 0 Å². The number of hydrogen-bond donors (Lipinski definition) is 2. The molecule has 0 unspecified atom stereocenters. The van der Waals surface area contributed by atoms with E-state index < -0.39 is 18.6 Å². The van der Waals surface area contributed by atoms with E-state index in [0.717, 1.165) is 12.4 Å². The van der Waals surface area contributed by atoms with Crippen molar-refractivity contribution in [3.8, 4) is 0 Å². The number of alkyl halides is 3. The molecule has 1 aromatic carbocycles. The largest absolute Gasteiger partial charge is 0.429 e. The van der Waals surface area contributed by atoms with E-state index in [1.165, 1.54) is 6.07 Å². The van der Waals surface area contributed by atoms with Crippen LogP contribution in [0.3, 0.4) is 0 Å². The molecule has 3 aromatic rings. The lowest BCUT2D eigenvalue weighted by Gasteiger charge is -2.05. The van der Waals surface area contributed by atoms with Gasteiger partial charge in [-0.3, -0.25) is 9.48 Å². The first-order chi connectivity index (χ1) is 10.8. The van der Waals surface area contributed by atoms with E-state index >= 15 is 0 Å².